The van der Waals surface area contributed by atoms with Gasteiger partial charge in [0.05, 0.1) is 4.90 Å². The standard InChI is InChI=1S/C15H21ClF3NO2S/c1-12(2)10-20(11-15(17,18)19)23(21,22)14-7-5-13(6-8-14)4-3-9-16/h5-8,12H,3-4,9-11H2,1-2H3. The zero-order valence-corrected chi connectivity index (χ0v) is 14.7. The van der Waals surface area contributed by atoms with Crippen LogP contribution in [-0.2, 0) is 16.4 Å². The topological polar surface area (TPSA) is 37.4 Å². The summed E-state index contributed by atoms with van der Waals surface area (Å²) in [5.41, 5.74) is 0.899. The summed E-state index contributed by atoms with van der Waals surface area (Å²) in [6, 6.07) is 5.92. The predicted octanol–water partition coefficient (Wildman–Crippen LogP) is 4.07. The number of nitrogens with zero attached hydrogens (tertiary/aromatic N) is 1. The maximum atomic E-state index is 12.7. The quantitative estimate of drug-likeness (QED) is 0.646. The zero-order valence-electron chi connectivity index (χ0n) is 13.1. The normalized spacial score (nSPS) is 13.0. The molecule has 0 aliphatic rings. The van der Waals surface area contributed by atoms with Crippen molar-refractivity contribution in [2.75, 3.05) is 19.0 Å². The molecule has 0 aliphatic heterocycles. The molecule has 0 bridgehead atoms. The molecule has 1 aromatic carbocycles. The molecule has 3 nitrogen and oxygen atoms in total. The van der Waals surface area contributed by atoms with E-state index in [1.165, 1.54) is 12.1 Å². The van der Waals surface area contributed by atoms with Crippen molar-refractivity contribution in [2.45, 2.75) is 37.8 Å². The van der Waals surface area contributed by atoms with Crippen LogP contribution in [-0.4, -0.2) is 37.9 Å². The van der Waals surface area contributed by atoms with Crippen LogP contribution in [0.1, 0.15) is 25.8 Å². The first-order valence-electron chi connectivity index (χ1n) is 7.28. The van der Waals surface area contributed by atoms with E-state index in [1.807, 2.05) is 0 Å². The van der Waals surface area contributed by atoms with Crippen LogP contribution in [0.15, 0.2) is 29.2 Å². The molecule has 0 radical (unpaired) electrons. The monoisotopic (exact) mass is 371 g/mol. The van der Waals surface area contributed by atoms with Crippen LogP contribution in [0.4, 0.5) is 13.2 Å². The highest BCUT2D eigenvalue weighted by Crippen LogP contribution is 2.24. The Bertz CT molecular complexity index is 586. The molecule has 1 aromatic rings. The Balaban J connectivity index is 3.03. The summed E-state index contributed by atoms with van der Waals surface area (Å²) in [4.78, 5) is -0.128. The van der Waals surface area contributed by atoms with Crippen LogP contribution in [0.25, 0.3) is 0 Å². The zero-order chi connectivity index (χ0) is 17.7. The molecular weight excluding hydrogens is 351 g/mol. The van der Waals surface area contributed by atoms with Gasteiger partial charge in [0, 0.05) is 12.4 Å². The molecule has 0 spiro atoms. The molecule has 0 aromatic heterocycles. The minimum Gasteiger partial charge on any atom is -0.207 e. The highest BCUT2D eigenvalue weighted by Gasteiger charge is 2.37. The van der Waals surface area contributed by atoms with E-state index in [9.17, 15) is 21.6 Å². The number of halogens is 4. The van der Waals surface area contributed by atoms with Crippen LogP contribution in [0, 0.1) is 5.92 Å². The van der Waals surface area contributed by atoms with Crippen LogP contribution < -0.4 is 0 Å². The molecule has 8 heteroatoms. The molecule has 0 N–H and O–H groups in total. The van der Waals surface area contributed by atoms with Crippen molar-refractivity contribution >= 4 is 21.6 Å². The lowest BCUT2D eigenvalue weighted by molar-refractivity contribution is -0.136. The van der Waals surface area contributed by atoms with Gasteiger partial charge in [-0.15, -0.1) is 11.6 Å². The maximum absolute atomic E-state index is 12.7. The predicted molar refractivity (Wildman–Crippen MR) is 85.1 cm³/mol. The molecule has 0 heterocycles. The van der Waals surface area contributed by atoms with Crippen molar-refractivity contribution in [3.05, 3.63) is 29.8 Å². The number of aryl methyl sites for hydroxylation is 1. The summed E-state index contributed by atoms with van der Waals surface area (Å²) >= 11 is 5.60. The number of sulfonamides is 1. The first-order valence-corrected chi connectivity index (χ1v) is 9.25. The third-order valence-electron chi connectivity index (χ3n) is 3.08. The highest BCUT2D eigenvalue weighted by molar-refractivity contribution is 7.89. The summed E-state index contributed by atoms with van der Waals surface area (Å²) in [7, 11) is -4.18. The van der Waals surface area contributed by atoms with Crippen LogP contribution in [0.5, 0.6) is 0 Å². The smallest absolute Gasteiger partial charge is 0.207 e. The van der Waals surface area contributed by atoms with Gasteiger partial charge in [0.1, 0.15) is 6.54 Å². The fourth-order valence-corrected chi connectivity index (χ4v) is 3.83. The fourth-order valence-electron chi connectivity index (χ4n) is 2.10. The van der Waals surface area contributed by atoms with Crippen molar-refractivity contribution in [3.63, 3.8) is 0 Å². The summed E-state index contributed by atoms with van der Waals surface area (Å²) < 4.78 is 63.5. The Labute approximate surface area is 140 Å². The van der Waals surface area contributed by atoms with E-state index in [2.05, 4.69) is 0 Å². The Morgan fingerprint density at radius 1 is 1.17 bits per heavy atom. The minimum atomic E-state index is -4.58. The summed E-state index contributed by atoms with van der Waals surface area (Å²) in [5, 5.41) is 0. The highest BCUT2D eigenvalue weighted by atomic mass is 35.5. The second-order valence-corrected chi connectivity index (χ2v) is 8.06. The molecule has 0 atom stereocenters. The SMILES string of the molecule is CC(C)CN(CC(F)(F)F)S(=O)(=O)c1ccc(CCCCl)cc1. The van der Waals surface area contributed by atoms with E-state index in [1.54, 1.807) is 26.0 Å². The largest absolute Gasteiger partial charge is 0.402 e. The van der Waals surface area contributed by atoms with Crippen LogP contribution in [0.2, 0.25) is 0 Å². The lowest BCUT2D eigenvalue weighted by Crippen LogP contribution is -2.41. The van der Waals surface area contributed by atoms with Crippen molar-refractivity contribution in [1.29, 1.82) is 0 Å². The lowest BCUT2D eigenvalue weighted by Gasteiger charge is -2.25. The van der Waals surface area contributed by atoms with Crippen molar-refractivity contribution in [2.24, 2.45) is 5.92 Å². The molecule has 132 valence electrons. The fraction of sp³-hybridized carbons (Fsp3) is 0.600. The van der Waals surface area contributed by atoms with Gasteiger partial charge in [0.25, 0.3) is 0 Å². The molecule has 1 rings (SSSR count). The lowest BCUT2D eigenvalue weighted by atomic mass is 10.1. The van der Waals surface area contributed by atoms with Gasteiger partial charge in [-0.25, -0.2) is 8.42 Å². The number of rotatable bonds is 8. The van der Waals surface area contributed by atoms with Crippen molar-refractivity contribution in [3.8, 4) is 0 Å². The first kappa shape index (κ1) is 20.3. The Hall–Kier alpha value is -0.790. The molecule has 0 amide bonds. The van der Waals surface area contributed by atoms with Gasteiger partial charge in [0.15, 0.2) is 0 Å². The Kier molecular flexibility index (Phi) is 7.35. The Morgan fingerprint density at radius 3 is 2.17 bits per heavy atom. The summed E-state index contributed by atoms with van der Waals surface area (Å²) in [5.74, 6) is 0.281. The summed E-state index contributed by atoms with van der Waals surface area (Å²) in [6.07, 6.45) is -3.13. The molecular formula is C15H21ClF3NO2S. The van der Waals surface area contributed by atoms with Gasteiger partial charge in [0.2, 0.25) is 10.0 Å². The van der Waals surface area contributed by atoms with Crippen LogP contribution >= 0.6 is 11.6 Å². The number of hydrogen-bond acceptors (Lipinski definition) is 2. The third kappa shape index (κ3) is 6.69. The minimum absolute atomic E-state index is 0.128. The second-order valence-electron chi connectivity index (χ2n) is 5.74. The average Bonchev–Trinajstić information content (AvgIpc) is 2.43. The van der Waals surface area contributed by atoms with Gasteiger partial charge < -0.3 is 0 Å². The van der Waals surface area contributed by atoms with Crippen molar-refractivity contribution in [1.82, 2.24) is 4.31 Å². The average molecular weight is 372 g/mol. The molecule has 0 aliphatic carbocycles. The first-order chi connectivity index (χ1) is 10.6. The third-order valence-corrected chi connectivity index (χ3v) is 5.18. The van der Waals surface area contributed by atoms with Crippen molar-refractivity contribution < 1.29 is 21.6 Å². The van der Waals surface area contributed by atoms with E-state index >= 15 is 0 Å². The maximum Gasteiger partial charge on any atom is 0.402 e. The van der Waals surface area contributed by atoms with Gasteiger partial charge in [-0.2, -0.15) is 17.5 Å². The van der Waals surface area contributed by atoms with Gasteiger partial charge >= 0.3 is 6.18 Å². The molecule has 0 saturated heterocycles. The molecule has 0 saturated carbocycles. The van der Waals surface area contributed by atoms with E-state index in [4.69, 9.17) is 11.6 Å². The number of alkyl halides is 4. The van der Waals surface area contributed by atoms with E-state index in [0.29, 0.717) is 16.6 Å². The van der Waals surface area contributed by atoms with E-state index in [0.717, 1.165) is 12.0 Å². The van der Waals surface area contributed by atoms with E-state index < -0.39 is 22.7 Å². The number of hydrogen-bond donors (Lipinski definition) is 0. The van der Waals surface area contributed by atoms with Gasteiger partial charge in [-0.05, 0) is 36.5 Å². The second kappa shape index (κ2) is 8.35. The van der Waals surface area contributed by atoms with Gasteiger partial charge in [-0.1, -0.05) is 26.0 Å². The van der Waals surface area contributed by atoms with Gasteiger partial charge in [-0.3, -0.25) is 0 Å². The van der Waals surface area contributed by atoms with Crippen LogP contribution in [0.3, 0.4) is 0 Å². The summed E-state index contributed by atoms with van der Waals surface area (Å²) in [6.45, 7) is 1.68. The Morgan fingerprint density at radius 2 is 1.74 bits per heavy atom. The molecule has 0 unspecified atom stereocenters. The van der Waals surface area contributed by atoms with E-state index in [-0.39, 0.29) is 17.4 Å². The molecule has 23 heavy (non-hydrogen) atoms. The number of benzene rings is 1. The molecule has 0 fully saturated rings.